The molecule has 1 aliphatic rings. The number of halogens is 2. The lowest BCUT2D eigenvalue weighted by atomic mass is 9.96. The van der Waals surface area contributed by atoms with E-state index in [4.69, 9.17) is 23.2 Å². The van der Waals surface area contributed by atoms with Crippen molar-refractivity contribution in [2.75, 3.05) is 25.0 Å². The van der Waals surface area contributed by atoms with Gasteiger partial charge in [-0.15, -0.1) is 0 Å². The number of aryl methyl sites for hydroxylation is 2. The summed E-state index contributed by atoms with van der Waals surface area (Å²) in [6.07, 6.45) is 0.927. The minimum Gasteiger partial charge on any atom is -0.315 e. The van der Waals surface area contributed by atoms with Gasteiger partial charge in [-0.1, -0.05) is 35.3 Å². The Hall–Kier alpha value is -1.60. The minimum absolute atomic E-state index is 0.00365. The summed E-state index contributed by atoms with van der Waals surface area (Å²) >= 11 is 12.0. The molecule has 1 amide bonds. The zero-order chi connectivity index (χ0) is 21.3. The van der Waals surface area contributed by atoms with Crippen molar-refractivity contribution >= 4 is 44.8 Å². The van der Waals surface area contributed by atoms with Crippen LogP contribution in [0.1, 0.15) is 24.0 Å². The second-order valence-electron chi connectivity index (χ2n) is 7.44. The van der Waals surface area contributed by atoms with Crippen LogP contribution in [0.3, 0.4) is 0 Å². The summed E-state index contributed by atoms with van der Waals surface area (Å²) in [5, 5.41) is 0.454. The van der Waals surface area contributed by atoms with Crippen LogP contribution in [0, 0.1) is 19.8 Å². The molecule has 1 saturated heterocycles. The van der Waals surface area contributed by atoms with E-state index in [9.17, 15) is 13.2 Å². The quantitative estimate of drug-likeness (QED) is 0.673. The van der Waals surface area contributed by atoms with Crippen LogP contribution < -0.4 is 4.90 Å². The fraction of sp³-hybridized carbons (Fsp3) is 0.381. The van der Waals surface area contributed by atoms with Crippen LogP contribution in [0.25, 0.3) is 0 Å². The van der Waals surface area contributed by atoms with Gasteiger partial charge in [-0.2, -0.15) is 4.31 Å². The first-order chi connectivity index (χ1) is 13.6. The molecule has 156 valence electrons. The highest BCUT2D eigenvalue weighted by molar-refractivity contribution is 7.89. The van der Waals surface area contributed by atoms with Gasteiger partial charge in [0.1, 0.15) is 4.90 Å². The zero-order valence-electron chi connectivity index (χ0n) is 16.7. The predicted octanol–water partition coefficient (Wildman–Crippen LogP) is 4.67. The van der Waals surface area contributed by atoms with Crippen molar-refractivity contribution in [3.05, 3.63) is 57.6 Å². The summed E-state index contributed by atoms with van der Waals surface area (Å²) in [7, 11) is -1.98. The third kappa shape index (κ3) is 4.61. The summed E-state index contributed by atoms with van der Waals surface area (Å²) in [5.41, 5.74) is 3.00. The molecule has 0 N–H and O–H groups in total. The van der Waals surface area contributed by atoms with Crippen LogP contribution in [0.2, 0.25) is 10.0 Å². The topological polar surface area (TPSA) is 57.7 Å². The number of benzene rings is 2. The summed E-state index contributed by atoms with van der Waals surface area (Å²) in [6.45, 7) is 4.50. The standard InChI is InChI=1S/C21H24Cl2N2O3S/c1-14-4-5-15(2)19(12-14)24(3)21(26)16-8-10-25(11-9-16)29(27,28)20-13-17(22)6-7-18(20)23/h4-7,12-13,16H,8-11H2,1-3H3. The van der Waals surface area contributed by atoms with Crippen LogP contribution in [-0.4, -0.2) is 38.8 Å². The Morgan fingerprint density at radius 1 is 1.07 bits per heavy atom. The first kappa shape index (κ1) is 22.1. The number of rotatable bonds is 4. The van der Waals surface area contributed by atoms with Crippen LogP contribution in [0.5, 0.6) is 0 Å². The maximum atomic E-state index is 13.0. The SMILES string of the molecule is Cc1ccc(C)c(N(C)C(=O)C2CCN(S(=O)(=O)c3cc(Cl)ccc3Cl)CC2)c1. The summed E-state index contributed by atoms with van der Waals surface area (Å²) in [6, 6.07) is 10.4. The number of carbonyl (C=O) groups is 1. The molecule has 0 radical (unpaired) electrons. The maximum Gasteiger partial charge on any atom is 0.244 e. The van der Waals surface area contributed by atoms with Crippen LogP contribution in [0.4, 0.5) is 5.69 Å². The monoisotopic (exact) mass is 454 g/mol. The average Bonchev–Trinajstić information content (AvgIpc) is 2.70. The number of piperidine rings is 1. The Balaban J connectivity index is 1.72. The Kier molecular flexibility index (Phi) is 6.58. The molecule has 8 heteroatoms. The van der Waals surface area contributed by atoms with E-state index in [0.717, 1.165) is 16.8 Å². The van der Waals surface area contributed by atoms with Crippen molar-refractivity contribution in [1.82, 2.24) is 4.31 Å². The van der Waals surface area contributed by atoms with Gasteiger partial charge in [0.05, 0.1) is 5.02 Å². The van der Waals surface area contributed by atoms with Crippen molar-refractivity contribution in [2.45, 2.75) is 31.6 Å². The highest BCUT2D eigenvalue weighted by atomic mass is 35.5. The normalized spacial score (nSPS) is 16.0. The second-order valence-corrected chi connectivity index (χ2v) is 10.2. The van der Waals surface area contributed by atoms with Crippen LogP contribution in [-0.2, 0) is 14.8 Å². The lowest BCUT2D eigenvalue weighted by Gasteiger charge is -2.33. The summed E-state index contributed by atoms with van der Waals surface area (Å²) in [5.74, 6) is -0.210. The molecule has 1 fully saturated rings. The molecule has 0 aromatic heterocycles. The molecule has 0 saturated carbocycles. The Morgan fingerprint density at radius 2 is 1.72 bits per heavy atom. The molecule has 0 unspecified atom stereocenters. The van der Waals surface area contributed by atoms with E-state index >= 15 is 0 Å². The summed E-state index contributed by atoms with van der Waals surface area (Å²) < 4.78 is 27.3. The molecule has 0 aliphatic carbocycles. The average molecular weight is 455 g/mol. The molecule has 29 heavy (non-hydrogen) atoms. The first-order valence-electron chi connectivity index (χ1n) is 9.41. The molecule has 0 spiro atoms. The molecule has 1 aliphatic heterocycles. The van der Waals surface area contributed by atoms with Gasteiger partial charge in [-0.05, 0) is 62.1 Å². The molecule has 2 aromatic carbocycles. The number of amides is 1. The Bertz CT molecular complexity index is 1030. The first-order valence-corrected chi connectivity index (χ1v) is 11.6. The van der Waals surface area contributed by atoms with Gasteiger partial charge >= 0.3 is 0 Å². The second kappa shape index (κ2) is 8.64. The van der Waals surface area contributed by atoms with Gasteiger partial charge in [0.25, 0.3) is 0 Å². The number of nitrogens with zero attached hydrogens (tertiary/aromatic N) is 2. The van der Waals surface area contributed by atoms with Crippen LogP contribution in [0.15, 0.2) is 41.3 Å². The predicted molar refractivity (Wildman–Crippen MR) is 117 cm³/mol. The van der Waals surface area contributed by atoms with E-state index in [0.29, 0.717) is 17.9 Å². The van der Waals surface area contributed by atoms with E-state index in [-0.39, 0.29) is 34.8 Å². The van der Waals surface area contributed by atoms with E-state index < -0.39 is 10.0 Å². The number of sulfonamides is 1. The minimum atomic E-state index is -3.76. The fourth-order valence-corrected chi connectivity index (χ4v) is 5.84. The summed E-state index contributed by atoms with van der Waals surface area (Å²) in [4.78, 5) is 14.7. The highest BCUT2D eigenvalue weighted by Crippen LogP contribution is 2.31. The molecule has 3 rings (SSSR count). The van der Waals surface area contributed by atoms with Crippen LogP contribution >= 0.6 is 23.2 Å². The van der Waals surface area contributed by atoms with Gasteiger partial charge < -0.3 is 4.90 Å². The molecule has 5 nitrogen and oxygen atoms in total. The van der Waals surface area contributed by atoms with E-state index in [1.54, 1.807) is 18.0 Å². The molecule has 0 bridgehead atoms. The number of anilines is 1. The maximum absolute atomic E-state index is 13.0. The lowest BCUT2D eigenvalue weighted by molar-refractivity contribution is -0.123. The smallest absolute Gasteiger partial charge is 0.244 e. The third-order valence-corrected chi connectivity index (χ3v) is 7.99. The molecule has 0 atom stereocenters. The Labute approximate surface area is 182 Å². The lowest BCUT2D eigenvalue weighted by Crippen LogP contribution is -2.43. The van der Waals surface area contributed by atoms with Crippen molar-refractivity contribution in [1.29, 1.82) is 0 Å². The van der Waals surface area contributed by atoms with E-state index in [1.165, 1.54) is 16.4 Å². The number of hydrogen-bond acceptors (Lipinski definition) is 3. The molecule has 2 aromatic rings. The highest BCUT2D eigenvalue weighted by Gasteiger charge is 2.34. The van der Waals surface area contributed by atoms with Crippen molar-refractivity contribution in [2.24, 2.45) is 5.92 Å². The van der Waals surface area contributed by atoms with E-state index in [2.05, 4.69) is 0 Å². The van der Waals surface area contributed by atoms with Gasteiger partial charge in [0.2, 0.25) is 15.9 Å². The van der Waals surface area contributed by atoms with Gasteiger partial charge in [0, 0.05) is 36.8 Å². The zero-order valence-corrected chi connectivity index (χ0v) is 19.0. The van der Waals surface area contributed by atoms with Crippen molar-refractivity contribution < 1.29 is 13.2 Å². The number of carbonyl (C=O) groups excluding carboxylic acids is 1. The molecular formula is C21H24Cl2N2O3S. The van der Waals surface area contributed by atoms with Gasteiger partial charge in [0.15, 0.2) is 0 Å². The Morgan fingerprint density at radius 3 is 2.38 bits per heavy atom. The van der Waals surface area contributed by atoms with Gasteiger partial charge in [-0.3, -0.25) is 4.79 Å². The molecule has 1 heterocycles. The van der Waals surface area contributed by atoms with E-state index in [1.807, 2.05) is 32.0 Å². The number of hydrogen-bond donors (Lipinski definition) is 0. The largest absolute Gasteiger partial charge is 0.315 e. The van der Waals surface area contributed by atoms with Gasteiger partial charge in [-0.25, -0.2) is 8.42 Å². The fourth-order valence-electron chi connectivity index (χ4n) is 3.63. The van der Waals surface area contributed by atoms with Crippen molar-refractivity contribution in [3.8, 4) is 0 Å². The van der Waals surface area contributed by atoms with Crippen molar-refractivity contribution in [3.63, 3.8) is 0 Å². The third-order valence-electron chi connectivity index (χ3n) is 5.37. The molecular weight excluding hydrogens is 431 g/mol.